The molecule has 385 valence electrons. The molecule has 0 saturated heterocycles. The van der Waals surface area contributed by atoms with E-state index in [9.17, 15) is 0 Å². The number of rotatable bonds is 0. The van der Waals surface area contributed by atoms with Crippen LogP contribution in [0.2, 0.25) is 15.1 Å². The summed E-state index contributed by atoms with van der Waals surface area (Å²) in [7, 11) is 0. The zero-order valence-corrected chi connectivity index (χ0v) is 45.8. The normalized spacial score (nSPS) is 18.4. The van der Waals surface area contributed by atoms with Crippen molar-refractivity contribution in [3.05, 3.63) is 184 Å². The van der Waals surface area contributed by atoms with Crippen LogP contribution in [0.1, 0.15) is 78.3 Å². The molecule has 75 heavy (non-hydrogen) atoms. The van der Waals surface area contributed by atoms with Gasteiger partial charge in [-0.1, -0.05) is 108 Å². The molecule has 7 aromatic rings. The van der Waals surface area contributed by atoms with Crippen molar-refractivity contribution in [1.82, 2.24) is 0 Å². The maximum Gasteiger partial charge on any atom is 0.245 e. The molecule has 1 radical (unpaired) electrons. The number of benzene rings is 4. The standard InChI is InChI=1S/C59H53Cl3N9O3.Ir/c60-46-18-21-49-54-57(46)72-67-29-3-9-43(35-67)7-1-6-39-12-14-41-24-30-70-52(33-41)68-37-65(50-22-19-47(61)58(73-70)55(50)68)27-2-8-40-16-17-44(45(32-40)11-5-26-64(49)36-63-54)10-4-28-66-38-69-53-34-42(15-13-39)25-31-71(53)74-59-48(62)20-23-51(66)56(59)69;/h9,16-25,29-32,35-39,63H,1-2,4-8,10-15,26-28H2;/q-3;. The van der Waals surface area contributed by atoms with Gasteiger partial charge in [0.1, 0.15) is 12.4 Å². The van der Waals surface area contributed by atoms with Gasteiger partial charge in [0, 0.05) is 25.8 Å². The van der Waals surface area contributed by atoms with E-state index >= 15 is 0 Å². The topological polar surface area (TPSA) is 67.6 Å². The Bertz CT molecular complexity index is 3380. The van der Waals surface area contributed by atoms with Gasteiger partial charge in [-0.15, -0.1) is 17.7 Å². The van der Waals surface area contributed by atoms with E-state index in [1.165, 1.54) is 16.7 Å². The fourth-order valence-electron chi connectivity index (χ4n) is 11.8. The molecule has 4 aromatic carbocycles. The van der Waals surface area contributed by atoms with E-state index in [0.29, 0.717) is 38.2 Å². The quantitative estimate of drug-likeness (QED) is 0.118. The summed E-state index contributed by atoms with van der Waals surface area (Å²) < 4.78 is 5.34. The Labute approximate surface area is 466 Å². The summed E-state index contributed by atoms with van der Waals surface area (Å²) in [4.78, 5) is 31.0. The third kappa shape index (κ3) is 9.06. The van der Waals surface area contributed by atoms with Crippen LogP contribution in [0.5, 0.6) is 17.2 Å². The molecule has 8 aliphatic heterocycles. The molecule has 8 aliphatic rings. The summed E-state index contributed by atoms with van der Waals surface area (Å²) in [6.45, 7) is 8.94. The zero-order valence-electron chi connectivity index (χ0n) is 41.1. The minimum atomic E-state index is 0. The molecule has 1 unspecified atom stereocenters. The Morgan fingerprint density at radius 2 is 1.16 bits per heavy atom. The van der Waals surface area contributed by atoms with E-state index < -0.39 is 0 Å². The first-order chi connectivity index (χ1) is 36.3. The second-order valence-electron chi connectivity index (χ2n) is 20.3. The summed E-state index contributed by atoms with van der Waals surface area (Å²) in [5.41, 5.74) is 13.5. The van der Waals surface area contributed by atoms with Crippen molar-refractivity contribution in [2.45, 2.75) is 83.5 Å². The first-order valence-electron chi connectivity index (χ1n) is 26.0. The Kier molecular flexibility index (Phi) is 13.1. The van der Waals surface area contributed by atoms with Gasteiger partial charge in [0.05, 0.1) is 44.5 Å². The number of hydrogen-bond donors (Lipinski definition) is 1. The SMILES string of the molecule is Clc1ccc2c3c1O[n+]1c[c-]cc(c1)CCCC1CCc4[c-]c5[n+](cc4)Oc4c(Cl)ccc6c4N5[CH-]N6CCCc4ccc(c(c4)CCCN2[CH-]N3)CCCN2[CH-]N3c4c2ccc(Cl)c4O[n+]2ccc([c-]c23)CC1.[Ir]. The minimum absolute atomic E-state index is 0. The summed E-state index contributed by atoms with van der Waals surface area (Å²) in [6, 6.07) is 36.6. The predicted molar refractivity (Wildman–Crippen MR) is 286 cm³/mol. The molecule has 0 aliphatic carbocycles. The van der Waals surface area contributed by atoms with Crippen LogP contribution in [0.15, 0.2) is 97.6 Å². The molecule has 0 amide bonds. The van der Waals surface area contributed by atoms with Crippen LogP contribution in [0.25, 0.3) is 0 Å². The van der Waals surface area contributed by atoms with Crippen LogP contribution in [0, 0.1) is 44.1 Å². The molecule has 1 N–H and O–H groups in total. The van der Waals surface area contributed by atoms with Gasteiger partial charge >= 0.3 is 0 Å². The number of hydrogen-bond acceptors (Lipinski definition) is 9. The molecule has 11 heterocycles. The van der Waals surface area contributed by atoms with E-state index in [4.69, 9.17) is 49.3 Å². The number of nitrogens with zero attached hydrogens (tertiary/aromatic N) is 8. The van der Waals surface area contributed by atoms with E-state index in [0.717, 1.165) is 166 Å². The van der Waals surface area contributed by atoms with Crippen LogP contribution in [0.4, 0.5) is 45.8 Å². The molecule has 12 nitrogen and oxygen atoms in total. The fraction of sp³-hybridized carbons (Fsp3) is 0.288. The largest absolute Gasteiger partial charge is 0.511 e. The van der Waals surface area contributed by atoms with Crippen LogP contribution in [-0.2, 0) is 58.6 Å². The van der Waals surface area contributed by atoms with Gasteiger partial charge in [-0.2, -0.15) is 24.9 Å². The molecule has 16 heteroatoms. The summed E-state index contributed by atoms with van der Waals surface area (Å²) >= 11 is 20.7. The third-order valence-electron chi connectivity index (χ3n) is 15.6. The van der Waals surface area contributed by atoms with Crippen molar-refractivity contribution >= 4 is 80.6 Å². The first-order valence-corrected chi connectivity index (χ1v) is 27.1. The van der Waals surface area contributed by atoms with E-state index in [2.05, 4.69) is 122 Å². The summed E-state index contributed by atoms with van der Waals surface area (Å²) in [5.74, 6) is 4.00. The number of aromatic nitrogens is 3. The Morgan fingerprint density at radius 3 is 1.83 bits per heavy atom. The van der Waals surface area contributed by atoms with Crippen LogP contribution in [-0.4, -0.2) is 19.6 Å². The van der Waals surface area contributed by atoms with Crippen molar-refractivity contribution in [2.24, 2.45) is 5.92 Å². The average molecular weight is 1230 g/mol. The Hall–Kier alpha value is -5.95. The van der Waals surface area contributed by atoms with Crippen molar-refractivity contribution in [3.63, 3.8) is 0 Å². The number of fused-ring (bicyclic) bond motifs is 6. The van der Waals surface area contributed by atoms with E-state index in [-0.39, 0.29) is 20.1 Å². The van der Waals surface area contributed by atoms with Gasteiger partial charge in [-0.05, 0) is 135 Å². The summed E-state index contributed by atoms with van der Waals surface area (Å²) in [6.07, 6.45) is 20.2. The van der Waals surface area contributed by atoms with Gasteiger partial charge < -0.3 is 29.8 Å². The second kappa shape index (κ2) is 20.2. The molecule has 1 atom stereocenters. The number of aryl methyl sites for hydroxylation is 6. The van der Waals surface area contributed by atoms with Crippen molar-refractivity contribution in [3.8, 4) is 17.2 Å². The number of nitrogens with one attached hydrogen (secondary N) is 1. The fourth-order valence-corrected chi connectivity index (χ4v) is 12.4. The summed E-state index contributed by atoms with van der Waals surface area (Å²) in [5, 5.41) is 5.22. The Balaban J connectivity index is 0.00000541. The van der Waals surface area contributed by atoms with Crippen molar-refractivity contribution in [2.75, 3.05) is 49.5 Å². The first kappa shape index (κ1) is 48.7. The van der Waals surface area contributed by atoms with Crippen molar-refractivity contribution < 1.29 is 48.8 Å². The average Bonchev–Trinajstić information content (AvgIpc) is 4.13. The number of pyridine rings is 3. The molecule has 0 saturated carbocycles. The molecule has 3 aromatic heterocycles. The molecule has 18 bridgehead atoms. The third-order valence-corrected chi connectivity index (χ3v) is 16.5. The molecular formula is C59H53Cl3IrN9O3-3. The minimum Gasteiger partial charge on any atom is -0.511 e. The molecule has 0 fully saturated rings. The van der Waals surface area contributed by atoms with Crippen LogP contribution in [0.3, 0.4) is 0 Å². The van der Waals surface area contributed by atoms with Gasteiger partial charge in [0.25, 0.3) is 0 Å². The van der Waals surface area contributed by atoms with Crippen molar-refractivity contribution in [1.29, 1.82) is 0 Å². The monoisotopic (exact) mass is 1230 g/mol. The van der Waals surface area contributed by atoms with Gasteiger partial charge in [0.2, 0.25) is 28.9 Å². The van der Waals surface area contributed by atoms with Gasteiger partial charge in [0.15, 0.2) is 11.4 Å². The Morgan fingerprint density at radius 1 is 0.573 bits per heavy atom. The van der Waals surface area contributed by atoms with Crippen LogP contribution >= 0.6 is 34.8 Å². The predicted octanol–water partition coefficient (Wildman–Crippen LogP) is 11.3. The number of anilines is 8. The van der Waals surface area contributed by atoms with E-state index in [1.54, 1.807) is 14.2 Å². The van der Waals surface area contributed by atoms with E-state index in [1.807, 2.05) is 43.5 Å². The molecule has 0 spiro atoms. The smallest absolute Gasteiger partial charge is 0.245 e. The second-order valence-corrected chi connectivity index (χ2v) is 21.6. The maximum absolute atomic E-state index is 6.90. The molecule has 15 rings (SSSR count). The van der Waals surface area contributed by atoms with Crippen LogP contribution < -0.4 is 58.5 Å². The van der Waals surface area contributed by atoms with Gasteiger partial charge in [-0.3, -0.25) is 9.68 Å². The maximum atomic E-state index is 6.90. The van der Waals surface area contributed by atoms with Gasteiger partial charge in [-0.25, -0.2) is 22.0 Å². The zero-order chi connectivity index (χ0) is 49.4. The number of halogens is 3. The molecular weight excluding hydrogens is 1180 g/mol.